The predicted octanol–water partition coefficient (Wildman–Crippen LogP) is 4.12. The highest BCUT2D eigenvalue weighted by Crippen LogP contribution is 2.45. The van der Waals surface area contributed by atoms with Gasteiger partial charge in [0.05, 0.1) is 12.5 Å². The molecule has 0 spiro atoms. The number of rotatable bonds is 3. The summed E-state index contributed by atoms with van der Waals surface area (Å²) in [7, 11) is 0. The highest BCUT2D eigenvalue weighted by Gasteiger charge is 2.44. The molecule has 0 saturated heterocycles. The average Bonchev–Trinajstić information content (AvgIpc) is 3.02. The van der Waals surface area contributed by atoms with Crippen LogP contribution in [-0.4, -0.2) is 5.97 Å². The summed E-state index contributed by atoms with van der Waals surface area (Å²) in [5, 5.41) is 0. The van der Waals surface area contributed by atoms with Crippen LogP contribution in [0.25, 0.3) is 0 Å². The Bertz CT molecular complexity index is 718. The summed E-state index contributed by atoms with van der Waals surface area (Å²) in [6.45, 7) is 5.20. The van der Waals surface area contributed by atoms with Crippen molar-refractivity contribution < 1.29 is 18.3 Å². The van der Waals surface area contributed by atoms with Crippen molar-refractivity contribution in [1.29, 1.82) is 0 Å². The van der Waals surface area contributed by atoms with Crippen LogP contribution in [0.15, 0.2) is 53.4 Å². The van der Waals surface area contributed by atoms with Crippen LogP contribution in [0.5, 0.6) is 0 Å². The van der Waals surface area contributed by atoms with Crippen molar-refractivity contribution in [3.63, 3.8) is 0 Å². The topological polar surface area (TPSA) is 39.4 Å². The highest BCUT2D eigenvalue weighted by atomic mass is 19.1. The lowest BCUT2D eigenvalue weighted by molar-refractivity contribution is -0.153. The molecule has 1 aromatic carbocycles. The molecule has 0 fully saturated rings. The Morgan fingerprint density at radius 3 is 2.91 bits per heavy atom. The third-order valence-corrected chi connectivity index (χ3v) is 4.08. The number of esters is 1. The molecule has 1 heterocycles. The van der Waals surface area contributed by atoms with E-state index >= 15 is 0 Å². The molecule has 4 heteroatoms. The summed E-state index contributed by atoms with van der Waals surface area (Å²) in [6, 6.07) is 6.67. The first-order valence-corrected chi connectivity index (χ1v) is 7.24. The van der Waals surface area contributed by atoms with Gasteiger partial charge in [-0.25, -0.2) is 9.18 Å². The maximum absolute atomic E-state index is 14.6. The molecule has 0 radical (unpaired) electrons. The minimum Gasteiger partial charge on any atom is -0.472 e. The number of ether oxygens (including phenoxy) is 1. The zero-order valence-electron chi connectivity index (χ0n) is 12.4. The Kier molecular flexibility index (Phi) is 3.61. The zero-order valence-corrected chi connectivity index (χ0v) is 12.4. The normalized spacial score (nSPS) is 20.3. The number of hydrogen-bond donors (Lipinski definition) is 0. The number of furan rings is 1. The first-order chi connectivity index (χ1) is 10.5. The maximum atomic E-state index is 14.6. The molecule has 1 aliphatic rings. The van der Waals surface area contributed by atoms with Gasteiger partial charge in [0, 0.05) is 16.7 Å². The molecule has 22 heavy (non-hydrogen) atoms. The van der Waals surface area contributed by atoms with Crippen LogP contribution in [0.4, 0.5) is 4.39 Å². The lowest BCUT2D eigenvalue weighted by Crippen LogP contribution is -2.38. The summed E-state index contributed by atoms with van der Waals surface area (Å²) in [5.74, 6) is -0.898. The first kappa shape index (κ1) is 14.6. The largest absolute Gasteiger partial charge is 0.472 e. The van der Waals surface area contributed by atoms with Gasteiger partial charge in [-0.3, -0.25) is 0 Å². The summed E-state index contributed by atoms with van der Waals surface area (Å²) < 4.78 is 25.5. The van der Waals surface area contributed by atoms with Crippen LogP contribution >= 0.6 is 0 Å². The van der Waals surface area contributed by atoms with Crippen LogP contribution in [0.2, 0.25) is 0 Å². The van der Waals surface area contributed by atoms with E-state index in [1.165, 1.54) is 18.6 Å². The molecule has 0 bridgehead atoms. The van der Waals surface area contributed by atoms with E-state index in [4.69, 9.17) is 9.15 Å². The average molecular weight is 300 g/mol. The monoisotopic (exact) mass is 300 g/mol. The van der Waals surface area contributed by atoms with Crippen molar-refractivity contribution in [2.45, 2.75) is 31.8 Å². The van der Waals surface area contributed by atoms with E-state index in [0.717, 1.165) is 18.4 Å². The highest BCUT2D eigenvalue weighted by molar-refractivity contribution is 5.87. The second-order valence-electron chi connectivity index (χ2n) is 5.64. The zero-order chi connectivity index (χ0) is 15.7. The van der Waals surface area contributed by atoms with Crippen LogP contribution in [0.3, 0.4) is 0 Å². The summed E-state index contributed by atoms with van der Waals surface area (Å²) in [4.78, 5) is 12.2. The van der Waals surface area contributed by atoms with E-state index in [0.29, 0.717) is 17.5 Å². The second-order valence-corrected chi connectivity index (χ2v) is 5.64. The number of aryl methyl sites for hydroxylation is 1. The number of benzene rings is 1. The van der Waals surface area contributed by atoms with Crippen molar-refractivity contribution in [2.24, 2.45) is 0 Å². The van der Waals surface area contributed by atoms with Crippen molar-refractivity contribution >= 4 is 5.97 Å². The van der Waals surface area contributed by atoms with Crippen LogP contribution in [-0.2, 0) is 21.6 Å². The second kappa shape index (κ2) is 5.44. The number of halogens is 1. The third kappa shape index (κ3) is 2.25. The van der Waals surface area contributed by atoms with Gasteiger partial charge in [0.2, 0.25) is 0 Å². The Morgan fingerprint density at radius 1 is 1.41 bits per heavy atom. The lowest BCUT2D eigenvalue weighted by Gasteiger charge is -2.38. The van der Waals surface area contributed by atoms with Gasteiger partial charge >= 0.3 is 5.97 Å². The van der Waals surface area contributed by atoms with E-state index in [2.05, 4.69) is 6.58 Å². The van der Waals surface area contributed by atoms with Crippen LogP contribution in [0.1, 0.15) is 36.5 Å². The van der Waals surface area contributed by atoms with Gasteiger partial charge < -0.3 is 9.15 Å². The van der Waals surface area contributed by atoms with Crippen molar-refractivity contribution in [3.8, 4) is 0 Å². The molecule has 3 nitrogen and oxygen atoms in total. The van der Waals surface area contributed by atoms with Gasteiger partial charge in [0.1, 0.15) is 5.82 Å². The van der Waals surface area contributed by atoms with E-state index in [1.807, 2.05) is 6.07 Å². The van der Waals surface area contributed by atoms with Crippen molar-refractivity contribution in [1.82, 2.24) is 0 Å². The fourth-order valence-corrected chi connectivity index (χ4v) is 3.07. The summed E-state index contributed by atoms with van der Waals surface area (Å²) in [5.41, 5.74) is 1.07. The SMILES string of the molecule is C=C(C)C(=O)OC1(c2ccoc2)CCCc2cccc(F)c21. The Labute approximate surface area is 128 Å². The van der Waals surface area contributed by atoms with Gasteiger partial charge in [-0.1, -0.05) is 18.7 Å². The first-order valence-electron chi connectivity index (χ1n) is 7.24. The molecule has 1 atom stereocenters. The van der Waals surface area contributed by atoms with Gasteiger partial charge in [-0.05, 0) is 43.9 Å². The molecule has 2 aromatic rings. The number of carbonyl (C=O) groups is 1. The van der Waals surface area contributed by atoms with Crippen LogP contribution in [0, 0.1) is 5.82 Å². The van der Waals surface area contributed by atoms with Gasteiger partial charge in [0.15, 0.2) is 5.60 Å². The Morgan fingerprint density at radius 2 is 2.23 bits per heavy atom. The van der Waals surface area contributed by atoms with Gasteiger partial charge in [0.25, 0.3) is 0 Å². The molecule has 114 valence electrons. The Hall–Kier alpha value is -2.36. The molecule has 0 saturated carbocycles. The number of carbonyl (C=O) groups excluding carboxylic acids is 1. The molecule has 0 amide bonds. The van der Waals surface area contributed by atoms with E-state index in [9.17, 15) is 9.18 Å². The van der Waals surface area contributed by atoms with Gasteiger partial charge in [-0.2, -0.15) is 0 Å². The Balaban J connectivity index is 2.21. The molecule has 0 aliphatic heterocycles. The fourth-order valence-electron chi connectivity index (χ4n) is 3.07. The summed E-state index contributed by atoms with van der Waals surface area (Å²) in [6.07, 6.45) is 5.08. The molecule has 1 aliphatic carbocycles. The maximum Gasteiger partial charge on any atom is 0.334 e. The third-order valence-electron chi connectivity index (χ3n) is 4.08. The summed E-state index contributed by atoms with van der Waals surface area (Å²) >= 11 is 0. The smallest absolute Gasteiger partial charge is 0.334 e. The van der Waals surface area contributed by atoms with E-state index in [1.54, 1.807) is 19.1 Å². The molecular weight excluding hydrogens is 283 g/mol. The van der Waals surface area contributed by atoms with Crippen LogP contribution < -0.4 is 0 Å². The lowest BCUT2D eigenvalue weighted by atomic mass is 9.75. The fraction of sp³-hybridized carbons (Fsp3) is 0.278. The standard InChI is InChI=1S/C18H17FO3/c1-12(2)17(20)22-18(14-8-10-21-11-14)9-4-6-13-5-3-7-15(19)16(13)18/h3,5,7-8,10-11H,1,4,6,9H2,2H3. The minimum absolute atomic E-state index is 0.284. The van der Waals surface area contributed by atoms with Crippen molar-refractivity contribution in [3.05, 3.63) is 71.5 Å². The number of fused-ring (bicyclic) bond motifs is 1. The predicted molar refractivity (Wildman–Crippen MR) is 79.7 cm³/mol. The number of hydrogen-bond acceptors (Lipinski definition) is 3. The van der Waals surface area contributed by atoms with E-state index in [-0.39, 0.29) is 11.4 Å². The quantitative estimate of drug-likeness (QED) is 0.632. The van der Waals surface area contributed by atoms with Crippen molar-refractivity contribution in [2.75, 3.05) is 0 Å². The molecule has 1 unspecified atom stereocenters. The van der Waals surface area contributed by atoms with E-state index < -0.39 is 11.6 Å². The van der Waals surface area contributed by atoms with Gasteiger partial charge in [-0.15, -0.1) is 0 Å². The molecule has 1 aromatic heterocycles. The molecule has 0 N–H and O–H groups in total. The minimum atomic E-state index is -1.15. The molecule has 3 rings (SSSR count). The molecular formula is C18H17FO3.